The zero-order valence-corrected chi connectivity index (χ0v) is 8.38. The lowest BCUT2D eigenvalue weighted by Gasteiger charge is -2.29. The summed E-state index contributed by atoms with van der Waals surface area (Å²) in [6.45, 7) is 4.52. The van der Waals surface area contributed by atoms with E-state index in [2.05, 4.69) is 6.07 Å². The van der Waals surface area contributed by atoms with Crippen molar-refractivity contribution in [1.29, 1.82) is 5.26 Å². The first-order valence-corrected chi connectivity index (χ1v) is 4.91. The largest absolute Gasteiger partial charge is 0.353 e. The van der Waals surface area contributed by atoms with Crippen LogP contribution in [0.25, 0.3) is 0 Å². The van der Waals surface area contributed by atoms with Gasteiger partial charge in [-0.2, -0.15) is 5.26 Å². The lowest BCUT2D eigenvalue weighted by molar-refractivity contribution is -0.204. The maximum atomic E-state index is 8.89. The van der Waals surface area contributed by atoms with Crippen LogP contribution in [-0.4, -0.2) is 18.5 Å². The van der Waals surface area contributed by atoms with Gasteiger partial charge in [0, 0.05) is 6.61 Å². The van der Waals surface area contributed by atoms with Gasteiger partial charge in [-0.1, -0.05) is 6.92 Å². The molecule has 0 aromatic heterocycles. The van der Waals surface area contributed by atoms with E-state index in [1.54, 1.807) is 0 Å². The average molecular weight is 183 g/mol. The molecule has 1 fully saturated rings. The second-order valence-electron chi connectivity index (χ2n) is 3.61. The van der Waals surface area contributed by atoms with Crippen LogP contribution in [0.15, 0.2) is 0 Å². The van der Waals surface area contributed by atoms with Gasteiger partial charge in [0.1, 0.15) is 0 Å². The van der Waals surface area contributed by atoms with Gasteiger partial charge in [-0.3, -0.25) is 0 Å². The van der Waals surface area contributed by atoms with Crippen LogP contribution in [0.2, 0.25) is 0 Å². The first-order valence-electron chi connectivity index (χ1n) is 4.91. The van der Waals surface area contributed by atoms with Gasteiger partial charge >= 0.3 is 0 Å². The lowest BCUT2D eigenvalue weighted by atomic mass is 10.1. The van der Waals surface area contributed by atoms with Gasteiger partial charge in [-0.15, -0.1) is 0 Å². The van der Waals surface area contributed by atoms with E-state index in [9.17, 15) is 0 Å². The third-order valence-corrected chi connectivity index (χ3v) is 2.44. The summed E-state index contributed by atoms with van der Waals surface area (Å²) in [6.07, 6.45) is 3.68. The number of hydrogen-bond donors (Lipinski definition) is 0. The molecule has 0 aromatic rings. The molecular weight excluding hydrogens is 166 g/mol. The highest BCUT2D eigenvalue weighted by Crippen LogP contribution is 2.22. The van der Waals surface area contributed by atoms with Crippen LogP contribution in [-0.2, 0) is 9.47 Å². The molecule has 1 aliphatic heterocycles. The fraction of sp³-hybridized carbons (Fsp3) is 0.900. The Morgan fingerprint density at radius 3 is 2.85 bits per heavy atom. The minimum Gasteiger partial charge on any atom is -0.353 e. The van der Waals surface area contributed by atoms with E-state index in [-0.39, 0.29) is 6.29 Å². The molecule has 1 saturated heterocycles. The molecule has 0 radical (unpaired) electrons. The quantitative estimate of drug-likeness (QED) is 0.673. The Morgan fingerprint density at radius 2 is 2.38 bits per heavy atom. The van der Waals surface area contributed by atoms with Crippen LogP contribution in [0.4, 0.5) is 0 Å². The number of nitrogens with zero attached hydrogens (tertiary/aromatic N) is 1. The SMILES string of the molecule is CCC(C)(C#N)OC1CCCCO1. The Morgan fingerprint density at radius 1 is 1.62 bits per heavy atom. The van der Waals surface area contributed by atoms with Crippen LogP contribution < -0.4 is 0 Å². The van der Waals surface area contributed by atoms with E-state index >= 15 is 0 Å². The van der Waals surface area contributed by atoms with Gasteiger partial charge in [0.15, 0.2) is 11.9 Å². The Kier molecular flexibility index (Phi) is 3.71. The van der Waals surface area contributed by atoms with Crippen molar-refractivity contribution in [2.45, 2.75) is 51.4 Å². The zero-order chi connectivity index (χ0) is 9.73. The number of ether oxygens (including phenoxy) is 2. The Bertz CT molecular complexity index is 194. The number of hydrogen-bond acceptors (Lipinski definition) is 3. The summed E-state index contributed by atoms with van der Waals surface area (Å²) in [4.78, 5) is 0. The van der Waals surface area contributed by atoms with Gasteiger partial charge in [0.2, 0.25) is 0 Å². The van der Waals surface area contributed by atoms with Crippen molar-refractivity contribution < 1.29 is 9.47 Å². The molecule has 1 heterocycles. The Hall–Kier alpha value is -0.590. The van der Waals surface area contributed by atoms with Crippen molar-refractivity contribution in [3.8, 4) is 6.07 Å². The third-order valence-electron chi connectivity index (χ3n) is 2.44. The second-order valence-corrected chi connectivity index (χ2v) is 3.61. The highest BCUT2D eigenvalue weighted by molar-refractivity contribution is 4.97. The molecule has 1 aliphatic rings. The second kappa shape index (κ2) is 4.59. The summed E-state index contributed by atoms with van der Waals surface area (Å²) >= 11 is 0. The van der Waals surface area contributed by atoms with Gasteiger partial charge in [-0.05, 0) is 32.6 Å². The smallest absolute Gasteiger partial charge is 0.159 e. The fourth-order valence-corrected chi connectivity index (χ4v) is 1.28. The molecule has 0 N–H and O–H groups in total. The average Bonchev–Trinajstić information content (AvgIpc) is 2.19. The molecule has 0 aromatic carbocycles. The van der Waals surface area contributed by atoms with Gasteiger partial charge < -0.3 is 9.47 Å². The molecule has 0 aliphatic carbocycles. The fourth-order valence-electron chi connectivity index (χ4n) is 1.28. The van der Waals surface area contributed by atoms with E-state index < -0.39 is 5.60 Å². The molecular formula is C10H17NO2. The summed E-state index contributed by atoms with van der Waals surface area (Å²) in [7, 11) is 0. The maximum Gasteiger partial charge on any atom is 0.159 e. The Balaban J connectivity index is 2.41. The molecule has 3 heteroatoms. The van der Waals surface area contributed by atoms with Gasteiger partial charge in [0.05, 0.1) is 6.07 Å². The minimum atomic E-state index is -0.679. The standard InChI is InChI=1S/C10H17NO2/c1-3-10(2,8-11)13-9-6-4-5-7-12-9/h9H,3-7H2,1-2H3. The van der Waals surface area contributed by atoms with Gasteiger partial charge in [0.25, 0.3) is 0 Å². The first-order chi connectivity index (χ1) is 6.20. The van der Waals surface area contributed by atoms with Crippen molar-refractivity contribution in [3.05, 3.63) is 0 Å². The maximum absolute atomic E-state index is 8.89. The molecule has 2 atom stereocenters. The summed E-state index contributed by atoms with van der Waals surface area (Å²) < 4.78 is 11.0. The minimum absolute atomic E-state index is 0.168. The van der Waals surface area contributed by atoms with E-state index in [1.807, 2.05) is 13.8 Å². The molecule has 0 saturated carbocycles. The lowest BCUT2D eigenvalue weighted by Crippen LogP contribution is -2.34. The Labute approximate surface area is 79.6 Å². The third kappa shape index (κ3) is 2.98. The summed E-state index contributed by atoms with van der Waals surface area (Å²) in [5, 5.41) is 8.89. The van der Waals surface area contributed by atoms with Crippen molar-refractivity contribution >= 4 is 0 Å². The van der Waals surface area contributed by atoms with Crippen molar-refractivity contribution in [1.82, 2.24) is 0 Å². The zero-order valence-electron chi connectivity index (χ0n) is 8.38. The monoisotopic (exact) mass is 183 g/mol. The summed E-state index contributed by atoms with van der Waals surface area (Å²) in [6, 6.07) is 2.17. The highest BCUT2D eigenvalue weighted by atomic mass is 16.7. The molecule has 74 valence electrons. The van der Waals surface area contributed by atoms with E-state index in [1.165, 1.54) is 0 Å². The van der Waals surface area contributed by atoms with Gasteiger partial charge in [-0.25, -0.2) is 0 Å². The van der Waals surface area contributed by atoms with Crippen LogP contribution in [0.3, 0.4) is 0 Å². The molecule has 2 unspecified atom stereocenters. The molecule has 0 bridgehead atoms. The van der Waals surface area contributed by atoms with Crippen LogP contribution in [0, 0.1) is 11.3 Å². The normalized spacial score (nSPS) is 27.6. The van der Waals surface area contributed by atoms with Crippen molar-refractivity contribution in [3.63, 3.8) is 0 Å². The molecule has 3 nitrogen and oxygen atoms in total. The molecule has 13 heavy (non-hydrogen) atoms. The molecule has 0 amide bonds. The van der Waals surface area contributed by atoms with Crippen molar-refractivity contribution in [2.24, 2.45) is 0 Å². The van der Waals surface area contributed by atoms with Crippen molar-refractivity contribution in [2.75, 3.05) is 6.61 Å². The predicted molar refractivity (Wildman–Crippen MR) is 49.0 cm³/mol. The molecule has 0 spiro atoms. The first kappa shape index (κ1) is 10.5. The summed E-state index contributed by atoms with van der Waals surface area (Å²) in [5.41, 5.74) is -0.679. The summed E-state index contributed by atoms with van der Waals surface area (Å²) in [5.74, 6) is 0. The van der Waals surface area contributed by atoms with Crippen LogP contribution >= 0.6 is 0 Å². The highest BCUT2D eigenvalue weighted by Gasteiger charge is 2.28. The van der Waals surface area contributed by atoms with Crippen LogP contribution in [0.5, 0.6) is 0 Å². The van der Waals surface area contributed by atoms with E-state index in [0.717, 1.165) is 25.9 Å². The topological polar surface area (TPSA) is 42.2 Å². The number of nitriles is 1. The van der Waals surface area contributed by atoms with E-state index in [4.69, 9.17) is 14.7 Å². The number of rotatable bonds is 3. The predicted octanol–water partition coefficient (Wildman–Crippen LogP) is 2.22. The molecule has 1 rings (SSSR count). The van der Waals surface area contributed by atoms with Crippen LogP contribution in [0.1, 0.15) is 39.5 Å². The van der Waals surface area contributed by atoms with E-state index in [0.29, 0.717) is 6.42 Å².